The molecule has 0 aliphatic heterocycles. The Morgan fingerprint density at radius 3 is 2.04 bits per heavy atom. The number of rotatable bonds is 3. The highest BCUT2D eigenvalue weighted by Gasteiger charge is 2.31. The Morgan fingerprint density at radius 1 is 0.923 bits per heavy atom. The van der Waals surface area contributed by atoms with E-state index >= 15 is 0 Å². The van der Waals surface area contributed by atoms with Gasteiger partial charge in [-0.1, -0.05) is 17.7 Å². The highest BCUT2D eigenvalue weighted by atomic mass is 35.5. The van der Waals surface area contributed by atoms with Crippen LogP contribution in [0.4, 0.5) is 22.0 Å². The maximum absolute atomic E-state index is 14.1. The quantitative estimate of drug-likeness (QED) is 0.495. The zero-order chi connectivity index (χ0) is 19.1. The smallest absolute Gasteiger partial charge is 0.406 e. The summed E-state index contributed by atoms with van der Waals surface area (Å²) in [5.74, 6) is -2.27. The molecule has 1 heterocycles. The lowest BCUT2D eigenvalue weighted by molar-refractivity contribution is -0.274. The van der Waals surface area contributed by atoms with Crippen LogP contribution in [0.1, 0.15) is 0 Å². The minimum Gasteiger partial charge on any atom is -0.406 e. The summed E-state index contributed by atoms with van der Waals surface area (Å²) in [5, 5.41) is -0.494. The van der Waals surface area contributed by atoms with Crippen molar-refractivity contribution in [3.63, 3.8) is 0 Å². The SMILES string of the molecule is Fc1cccc(F)c1-c1c(Cl)nc(Cl)n1-c1ccc(OC(F)(F)F)cc1. The lowest BCUT2D eigenvalue weighted by Crippen LogP contribution is -2.17. The van der Waals surface area contributed by atoms with Crippen molar-refractivity contribution >= 4 is 23.2 Å². The third-order valence-electron chi connectivity index (χ3n) is 3.32. The molecule has 0 radical (unpaired) electrons. The first kappa shape index (κ1) is 18.5. The summed E-state index contributed by atoms with van der Waals surface area (Å²) in [4.78, 5) is 3.78. The van der Waals surface area contributed by atoms with Crippen molar-refractivity contribution in [1.82, 2.24) is 9.55 Å². The zero-order valence-corrected chi connectivity index (χ0v) is 14.0. The summed E-state index contributed by atoms with van der Waals surface area (Å²) in [7, 11) is 0. The van der Waals surface area contributed by atoms with E-state index in [0.29, 0.717) is 0 Å². The summed E-state index contributed by atoms with van der Waals surface area (Å²) >= 11 is 12.0. The third-order valence-corrected chi connectivity index (χ3v) is 3.84. The molecule has 0 bridgehead atoms. The summed E-state index contributed by atoms with van der Waals surface area (Å²) < 4.78 is 69.9. The monoisotopic (exact) mass is 408 g/mol. The van der Waals surface area contributed by atoms with Crippen LogP contribution in [0.3, 0.4) is 0 Å². The molecule has 0 N–H and O–H groups in total. The second-order valence-electron chi connectivity index (χ2n) is 4.99. The first-order valence-corrected chi connectivity index (χ1v) is 7.67. The lowest BCUT2D eigenvalue weighted by atomic mass is 10.1. The summed E-state index contributed by atoms with van der Waals surface area (Å²) in [6.07, 6.45) is -4.85. The molecule has 0 unspecified atom stereocenters. The molecule has 3 nitrogen and oxygen atoms in total. The second kappa shape index (κ2) is 6.77. The number of imidazole rings is 1. The Hall–Kier alpha value is -2.32. The zero-order valence-electron chi connectivity index (χ0n) is 12.5. The van der Waals surface area contributed by atoms with Crippen LogP contribution in [0, 0.1) is 11.6 Å². The molecule has 2 aromatic carbocycles. The van der Waals surface area contributed by atoms with Crippen LogP contribution in [-0.2, 0) is 0 Å². The van der Waals surface area contributed by atoms with Crippen LogP contribution in [0.25, 0.3) is 16.9 Å². The molecule has 26 heavy (non-hydrogen) atoms. The number of ether oxygens (including phenoxy) is 1. The average molecular weight is 409 g/mol. The molecule has 0 saturated carbocycles. The first-order valence-electron chi connectivity index (χ1n) is 6.91. The van der Waals surface area contributed by atoms with Gasteiger partial charge in [0.25, 0.3) is 0 Å². The Morgan fingerprint density at radius 2 is 1.50 bits per heavy atom. The number of halogens is 7. The number of benzene rings is 2. The fraction of sp³-hybridized carbons (Fsp3) is 0.0625. The minimum atomic E-state index is -4.85. The van der Waals surface area contributed by atoms with Gasteiger partial charge in [-0.05, 0) is 48.0 Å². The maximum atomic E-state index is 14.1. The molecule has 0 amide bonds. The van der Waals surface area contributed by atoms with E-state index in [9.17, 15) is 22.0 Å². The predicted octanol–water partition coefficient (Wildman–Crippen LogP) is 6.02. The minimum absolute atomic E-state index is 0.170. The van der Waals surface area contributed by atoms with Gasteiger partial charge in [0.15, 0.2) is 5.15 Å². The van der Waals surface area contributed by atoms with E-state index in [-0.39, 0.29) is 21.8 Å². The van der Waals surface area contributed by atoms with Gasteiger partial charge in [-0.3, -0.25) is 4.57 Å². The molecule has 0 atom stereocenters. The van der Waals surface area contributed by atoms with E-state index < -0.39 is 29.3 Å². The van der Waals surface area contributed by atoms with Gasteiger partial charge in [0.1, 0.15) is 17.4 Å². The van der Waals surface area contributed by atoms with Gasteiger partial charge in [0.05, 0.1) is 11.3 Å². The molecule has 0 spiro atoms. The number of aromatic nitrogens is 2. The molecule has 3 rings (SSSR count). The van der Waals surface area contributed by atoms with Gasteiger partial charge in [0.2, 0.25) is 5.28 Å². The molecular weight excluding hydrogens is 402 g/mol. The van der Waals surface area contributed by atoms with Crippen LogP contribution in [0.2, 0.25) is 10.4 Å². The standard InChI is InChI=1S/C16H7Cl2F5N2O/c17-14-13(12-10(19)2-1-3-11(12)20)25(15(18)24-14)8-4-6-9(7-5-8)26-16(21,22)23/h1-7H. The molecule has 0 saturated heterocycles. The van der Waals surface area contributed by atoms with E-state index in [1.54, 1.807) is 0 Å². The molecule has 0 fully saturated rings. The fourth-order valence-electron chi connectivity index (χ4n) is 2.34. The molecule has 1 aromatic heterocycles. The fourth-order valence-corrected chi connectivity index (χ4v) is 2.91. The van der Waals surface area contributed by atoms with Gasteiger partial charge in [-0.2, -0.15) is 0 Å². The molecule has 10 heteroatoms. The number of alkyl halides is 3. The van der Waals surface area contributed by atoms with Gasteiger partial charge < -0.3 is 4.74 Å². The molecule has 0 aliphatic rings. The van der Waals surface area contributed by atoms with E-state index in [0.717, 1.165) is 28.8 Å². The third kappa shape index (κ3) is 3.61. The molecule has 3 aromatic rings. The van der Waals surface area contributed by atoms with Crippen LogP contribution in [0.5, 0.6) is 5.75 Å². The van der Waals surface area contributed by atoms with E-state index in [4.69, 9.17) is 23.2 Å². The van der Waals surface area contributed by atoms with Crippen molar-refractivity contribution in [2.75, 3.05) is 0 Å². The normalized spacial score (nSPS) is 11.7. The Labute approximate surface area is 153 Å². The summed E-state index contributed by atoms with van der Waals surface area (Å²) in [6.45, 7) is 0. The molecule has 0 aliphatic carbocycles. The second-order valence-corrected chi connectivity index (χ2v) is 5.69. The van der Waals surface area contributed by atoms with Crippen molar-refractivity contribution in [3.05, 3.63) is 64.5 Å². The topological polar surface area (TPSA) is 27.1 Å². The highest BCUT2D eigenvalue weighted by Crippen LogP contribution is 2.37. The molecular formula is C16H7Cl2F5N2O. The number of nitrogens with zero attached hydrogens (tertiary/aromatic N) is 2. The van der Waals surface area contributed by atoms with E-state index in [1.807, 2.05) is 0 Å². The van der Waals surface area contributed by atoms with Crippen molar-refractivity contribution in [1.29, 1.82) is 0 Å². The van der Waals surface area contributed by atoms with Crippen LogP contribution >= 0.6 is 23.2 Å². The van der Waals surface area contributed by atoms with Crippen LogP contribution < -0.4 is 4.74 Å². The van der Waals surface area contributed by atoms with Crippen LogP contribution in [-0.4, -0.2) is 15.9 Å². The number of hydrogen-bond acceptors (Lipinski definition) is 2. The summed E-state index contributed by atoms with van der Waals surface area (Å²) in [6, 6.07) is 7.71. The Balaban J connectivity index is 2.12. The maximum Gasteiger partial charge on any atom is 0.573 e. The van der Waals surface area contributed by atoms with Crippen molar-refractivity contribution < 1.29 is 26.7 Å². The Bertz CT molecular complexity index is 934. The van der Waals surface area contributed by atoms with Crippen molar-refractivity contribution in [3.8, 4) is 22.7 Å². The first-order chi connectivity index (χ1) is 12.2. The van der Waals surface area contributed by atoms with Crippen molar-refractivity contribution in [2.24, 2.45) is 0 Å². The van der Waals surface area contributed by atoms with Crippen molar-refractivity contribution in [2.45, 2.75) is 6.36 Å². The largest absolute Gasteiger partial charge is 0.573 e. The van der Waals surface area contributed by atoms with Gasteiger partial charge in [-0.15, -0.1) is 13.2 Å². The van der Waals surface area contributed by atoms with Gasteiger partial charge >= 0.3 is 6.36 Å². The van der Waals surface area contributed by atoms with E-state index in [2.05, 4.69) is 9.72 Å². The average Bonchev–Trinajstić information content (AvgIpc) is 2.81. The molecule has 136 valence electrons. The predicted molar refractivity (Wildman–Crippen MR) is 85.6 cm³/mol. The number of hydrogen-bond donors (Lipinski definition) is 0. The van der Waals surface area contributed by atoms with Crippen LogP contribution in [0.15, 0.2) is 42.5 Å². The van der Waals surface area contributed by atoms with Gasteiger partial charge in [0, 0.05) is 5.69 Å². The van der Waals surface area contributed by atoms with E-state index in [1.165, 1.54) is 18.2 Å². The highest BCUT2D eigenvalue weighted by molar-refractivity contribution is 6.34. The van der Waals surface area contributed by atoms with Gasteiger partial charge in [-0.25, -0.2) is 13.8 Å². The lowest BCUT2D eigenvalue weighted by Gasteiger charge is -2.13. The Kier molecular flexibility index (Phi) is 4.81. The summed E-state index contributed by atoms with van der Waals surface area (Å²) in [5.41, 5.74) is -0.453.